The van der Waals surface area contributed by atoms with E-state index in [1.165, 1.54) is 0 Å². The molecule has 0 amide bonds. The lowest BCUT2D eigenvalue weighted by Crippen LogP contribution is -1.87. The normalized spacial score (nSPS) is 10.5. The van der Waals surface area contributed by atoms with E-state index in [0.29, 0.717) is 0 Å². The molecule has 0 spiro atoms. The summed E-state index contributed by atoms with van der Waals surface area (Å²) in [6.07, 6.45) is 0. The topological polar surface area (TPSA) is 22.1 Å². The fourth-order valence-corrected chi connectivity index (χ4v) is 1.92. The van der Waals surface area contributed by atoms with Gasteiger partial charge >= 0.3 is 0 Å². The van der Waals surface area contributed by atoms with E-state index in [9.17, 15) is 0 Å². The third-order valence-electron chi connectivity index (χ3n) is 2.88. The number of rotatable bonds is 2. The monoisotopic (exact) mass is 234 g/mol. The van der Waals surface area contributed by atoms with Crippen LogP contribution in [0.4, 0.5) is 0 Å². The molecule has 0 saturated heterocycles. The van der Waals surface area contributed by atoms with Crippen molar-refractivity contribution in [2.45, 2.75) is 0 Å². The lowest BCUT2D eigenvalue weighted by Gasteiger charge is -2.04. The fraction of sp³-hybridized carbons (Fsp3) is 0.0625. The largest absolute Gasteiger partial charge is 0.497 e. The Morgan fingerprint density at radius 1 is 1.06 bits per heavy atom. The molecule has 2 aromatic carbocycles. The van der Waals surface area contributed by atoms with Crippen LogP contribution in [0.25, 0.3) is 22.2 Å². The molecule has 0 N–H and O–H groups in total. The minimum atomic E-state index is 0.827. The van der Waals surface area contributed by atoms with Crippen LogP contribution in [0.2, 0.25) is 0 Å². The summed E-state index contributed by atoms with van der Waals surface area (Å²) in [6.45, 7) is 0. The van der Waals surface area contributed by atoms with Crippen molar-refractivity contribution in [3.8, 4) is 17.0 Å². The molecule has 3 rings (SSSR count). The highest BCUT2D eigenvalue weighted by atomic mass is 16.5. The zero-order valence-electron chi connectivity index (χ0n) is 10.1. The van der Waals surface area contributed by atoms with Gasteiger partial charge < -0.3 is 4.74 Å². The summed E-state index contributed by atoms with van der Waals surface area (Å²) in [4.78, 5) is 4.63. The summed E-state index contributed by atoms with van der Waals surface area (Å²) in [5, 5.41) is 0.967. The highest BCUT2D eigenvalue weighted by molar-refractivity contribution is 5.82. The lowest BCUT2D eigenvalue weighted by atomic mass is 10.1. The van der Waals surface area contributed by atoms with Crippen LogP contribution < -0.4 is 4.74 Å². The van der Waals surface area contributed by atoms with Crippen LogP contribution in [-0.2, 0) is 0 Å². The molecule has 0 atom stereocenters. The van der Waals surface area contributed by atoms with Crippen LogP contribution in [0.3, 0.4) is 0 Å². The summed E-state index contributed by atoms with van der Waals surface area (Å²) in [6, 6.07) is 21.1. The highest BCUT2D eigenvalue weighted by Gasteiger charge is 2.02. The van der Waals surface area contributed by atoms with Gasteiger partial charge in [0.25, 0.3) is 0 Å². The van der Waals surface area contributed by atoms with Gasteiger partial charge in [0.2, 0.25) is 0 Å². The number of methoxy groups -OCH3 is 1. The number of aromatic nitrogens is 1. The summed E-state index contributed by atoms with van der Waals surface area (Å²) < 4.78 is 5.19. The Balaban J connectivity index is 2.12. The number of nitrogens with zero attached hydrogens (tertiary/aromatic N) is 1. The van der Waals surface area contributed by atoms with Crippen molar-refractivity contribution < 1.29 is 4.74 Å². The maximum atomic E-state index is 5.19. The van der Waals surface area contributed by atoms with Crippen molar-refractivity contribution in [1.29, 1.82) is 0 Å². The minimum absolute atomic E-state index is 0.827. The first-order valence-corrected chi connectivity index (χ1v) is 5.79. The smallest absolute Gasteiger partial charge is 0.119 e. The van der Waals surface area contributed by atoms with E-state index in [2.05, 4.69) is 11.1 Å². The SMILES string of the molecule is COc1ccc2nc(-c3ccccc3)c[c]c2c1. The molecule has 1 radical (unpaired) electrons. The maximum Gasteiger partial charge on any atom is 0.119 e. The van der Waals surface area contributed by atoms with E-state index in [-0.39, 0.29) is 0 Å². The minimum Gasteiger partial charge on any atom is -0.497 e. The van der Waals surface area contributed by atoms with Gasteiger partial charge in [0.1, 0.15) is 5.75 Å². The molecule has 0 fully saturated rings. The molecule has 18 heavy (non-hydrogen) atoms. The van der Waals surface area contributed by atoms with Gasteiger partial charge in [-0.2, -0.15) is 0 Å². The first kappa shape index (κ1) is 10.8. The maximum absolute atomic E-state index is 5.19. The van der Waals surface area contributed by atoms with E-state index < -0.39 is 0 Å². The Labute approximate surface area is 106 Å². The van der Waals surface area contributed by atoms with Crippen molar-refractivity contribution in [3.63, 3.8) is 0 Å². The van der Waals surface area contributed by atoms with Gasteiger partial charge in [0, 0.05) is 10.9 Å². The summed E-state index contributed by atoms with van der Waals surface area (Å²) in [5.74, 6) is 0.827. The molecule has 1 aromatic heterocycles. The third kappa shape index (κ3) is 1.93. The quantitative estimate of drug-likeness (QED) is 0.674. The lowest BCUT2D eigenvalue weighted by molar-refractivity contribution is 0.415. The van der Waals surface area contributed by atoms with E-state index >= 15 is 0 Å². The Hall–Kier alpha value is -2.35. The van der Waals surface area contributed by atoms with Gasteiger partial charge in [-0.1, -0.05) is 30.3 Å². The number of hydrogen-bond donors (Lipinski definition) is 0. The van der Waals surface area contributed by atoms with Gasteiger partial charge in [-0.05, 0) is 30.3 Å². The van der Waals surface area contributed by atoms with Crippen LogP contribution in [0, 0.1) is 6.07 Å². The van der Waals surface area contributed by atoms with E-state index in [0.717, 1.165) is 27.9 Å². The number of ether oxygens (including phenoxy) is 1. The average Bonchev–Trinajstić information content (AvgIpc) is 2.47. The molecular weight excluding hydrogens is 222 g/mol. The summed E-state index contributed by atoms with van der Waals surface area (Å²) in [5.41, 5.74) is 2.97. The molecular formula is C16H12NO. The molecule has 1 heterocycles. The van der Waals surface area contributed by atoms with Gasteiger partial charge in [-0.25, -0.2) is 4.98 Å². The standard InChI is InChI=1S/C16H12NO/c1-18-14-8-10-16-13(11-14)7-9-15(17-16)12-5-3-2-4-6-12/h2-6,8-11H,1H3. The van der Waals surface area contributed by atoms with Crippen molar-refractivity contribution in [1.82, 2.24) is 4.98 Å². The van der Waals surface area contributed by atoms with E-state index in [4.69, 9.17) is 4.74 Å². The Kier molecular flexibility index (Phi) is 2.69. The number of pyridine rings is 1. The second-order valence-electron chi connectivity index (χ2n) is 4.03. The van der Waals surface area contributed by atoms with E-state index in [1.54, 1.807) is 7.11 Å². The molecule has 2 heteroatoms. The average molecular weight is 234 g/mol. The van der Waals surface area contributed by atoms with Crippen molar-refractivity contribution >= 4 is 10.9 Å². The molecule has 87 valence electrons. The van der Waals surface area contributed by atoms with Crippen molar-refractivity contribution in [2.24, 2.45) is 0 Å². The second kappa shape index (κ2) is 4.49. The zero-order valence-corrected chi connectivity index (χ0v) is 10.1. The molecule has 0 aliphatic carbocycles. The third-order valence-corrected chi connectivity index (χ3v) is 2.88. The number of benzene rings is 2. The van der Waals surface area contributed by atoms with Crippen molar-refractivity contribution in [2.75, 3.05) is 7.11 Å². The number of hydrogen-bond acceptors (Lipinski definition) is 2. The van der Waals surface area contributed by atoms with Gasteiger partial charge in [-0.3, -0.25) is 0 Å². The number of fused-ring (bicyclic) bond motifs is 1. The Morgan fingerprint density at radius 3 is 2.67 bits per heavy atom. The van der Waals surface area contributed by atoms with Gasteiger partial charge in [0.05, 0.1) is 18.3 Å². The zero-order chi connectivity index (χ0) is 12.4. The predicted molar refractivity (Wildman–Crippen MR) is 72.6 cm³/mol. The van der Waals surface area contributed by atoms with Crippen LogP contribution in [0.5, 0.6) is 5.75 Å². The first-order chi connectivity index (χ1) is 8.86. The van der Waals surface area contributed by atoms with Gasteiger partial charge in [-0.15, -0.1) is 0 Å². The van der Waals surface area contributed by atoms with Crippen LogP contribution in [0.1, 0.15) is 0 Å². The summed E-state index contributed by atoms with van der Waals surface area (Å²) in [7, 11) is 1.66. The molecule has 0 unspecified atom stereocenters. The Bertz CT molecular complexity index is 677. The fourth-order valence-electron chi connectivity index (χ4n) is 1.92. The van der Waals surface area contributed by atoms with Gasteiger partial charge in [0.15, 0.2) is 0 Å². The van der Waals surface area contributed by atoms with E-state index in [1.807, 2.05) is 54.6 Å². The molecule has 0 aliphatic heterocycles. The predicted octanol–water partition coefficient (Wildman–Crippen LogP) is 3.71. The van der Waals surface area contributed by atoms with Crippen LogP contribution in [0.15, 0.2) is 54.6 Å². The van der Waals surface area contributed by atoms with Crippen LogP contribution in [-0.4, -0.2) is 12.1 Å². The highest BCUT2D eigenvalue weighted by Crippen LogP contribution is 2.23. The second-order valence-corrected chi connectivity index (χ2v) is 4.03. The molecule has 0 aliphatic rings. The molecule has 0 saturated carbocycles. The molecule has 3 aromatic rings. The van der Waals surface area contributed by atoms with Crippen molar-refractivity contribution in [3.05, 3.63) is 60.7 Å². The Morgan fingerprint density at radius 2 is 1.89 bits per heavy atom. The molecule has 0 bridgehead atoms. The van der Waals surface area contributed by atoms with Crippen LogP contribution >= 0.6 is 0 Å². The first-order valence-electron chi connectivity index (χ1n) is 5.79. The molecule has 2 nitrogen and oxygen atoms in total. The summed E-state index contributed by atoms with van der Waals surface area (Å²) >= 11 is 0.